The molecular formula is C12H16ClF3N2. The first-order chi connectivity index (χ1) is 8.33. The molecule has 0 radical (unpaired) electrons. The molecule has 1 aromatic rings. The van der Waals surface area contributed by atoms with Crippen molar-refractivity contribution in [3.8, 4) is 0 Å². The van der Waals surface area contributed by atoms with Gasteiger partial charge in [-0.1, -0.05) is 11.6 Å². The minimum absolute atomic E-state index is 0.0807. The summed E-state index contributed by atoms with van der Waals surface area (Å²) in [5.41, 5.74) is 7.10. The van der Waals surface area contributed by atoms with E-state index in [0.29, 0.717) is 18.0 Å². The molecule has 2 nitrogen and oxygen atoms in total. The van der Waals surface area contributed by atoms with Gasteiger partial charge >= 0.3 is 6.18 Å². The molecule has 18 heavy (non-hydrogen) atoms. The van der Waals surface area contributed by atoms with Gasteiger partial charge in [0.15, 0.2) is 0 Å². The molecule has 6 heteroatoms. The van der Waals surface area contributed by atoms with Crippen LogP contribution in [0.4, 0.5) is 18.9 Å². The Bertz CT molecular complexity index is 393. The van der Waals surface area contributed by atoms with Crippen molar-refractivity contribution in [3.05, 3.63) is 28.8 Å². The normalized spacial score (nSPS) is 11.7. The molecule has 1 aromatic carbocycles. The van der Waals surface area contributed by atoms with Crippen LogP contribution in [-0.4, -0.2) is 26.3 Å². The van der Waals surface area contributed by atoms with Crippen LogP contribution < -0.4 is 10.6 Å². The molecular weight excluding hydrogens is 265 g/mol. The third-order valence-corrected chi connectivity index (χ3v) is 2.83. The van der Waals surface area contributed by atoms with Crippen molar-refractivity contribution in [1.82, 2.24) is 0 Å². The number of halogens is 4. The van der Waals surface area contributed by atoms with Crippen molar-refractivity contribution < 1.29 is 13.2 Å². The molecule has 1 rings (SSSR count). The van der Waals surface area contributed by atoms with Crippen molar-refractivity contribution in [3.63, 3.8) is 0 Å². The maximum Gasteiger partial charge on any atom is 0.390 e. The quantitative estimate of drug-likeness (QED) is 0.897. The zero-order valence-corrected chi connectivity index (χ0v) is 10.9. The number of hydrogen-bond acceptors (Lipinski definition) is 2. The van der Waals surface area contributed by atoms with Gasteiger partial charge in [-0.2, -0.15) is 13.2 Å². The van der Waals surface area contributed by atoms with Gasteiger partial charge in [-0.15, -0.1) is 0 Å². The van der Waals surface area contributed by atoms with Crippen LogP contribution in [0.25, 0.3) is 0 Å². The van der Waals surface area contributed by atoms with Crippen molar-refractivity contribution in [1.29, 1.82) is 0 Å². The molecule has 0 aliphatic rings. The Labute approximate surface area is 110 Å². The van der Waals surface area contributed by atoms with Crippen LogP contribution in [-0.2, 0) is 6.42 Å². The van der Waals surface area contributed by atoms with Crippen LogP contribution in [0.3, 0.4) is 0 Å². The lowest BCUT2D eigenvalue weighted by Gasteiger charge is -2.23. The van der Waals surface area contributed by atoms with Crippen LogP contribution in [0, 0.1) is 0 Å². The summed E-state index contributed by atoms with van der Waals surface area (Å²) in [7, 11) is 1.63. The third-order valence-electron chi connectivity index (χ3n) is 2.60. The van der Waals surface area contributed by atoms with Crippen LogP contribution in [0.2, 0.25) is 5.02 Å². The summed E-state index contributed by atoms with van der Waals surface area (Å²) in [6, 6.07) is 5.14. The van der Waals surface area contributed by atoms with Crippen LogP contribution in [0.1, 0.15) is 12.0 Å². The Kier molecular flexibility index (Phi) is 5.28. The summed E-state index contributed by atoms with van der Waals surface area (Å²) in [6.45, 7) is 0.350. The first-order valence-electron chi connectivity index (χ1n) is 5.60. The summed E-state index contributed by atoms with van der Waals surface area (Å²) < 4.78 is 36.5. The molecule has 102 valence electrons. The Morgan fingerprint density at radius 2 is 2.00 bits per heavy atom. The van der Waals surface area contributed by atoms with Gasteiger partial charge in [0.2, 0.25) is 0 Å². The average Bonchev–Trinajstić information content (AvgIpc) is 2.25. The second kappa shape index (κ2) is 6.29. The van der Waals surface area contributed by atoms with Crippen LogP contribution in [0.5, 0.6) is 0 Å². The van der Waals surface area contributed by atoms with Gasteiger partial charge in [-0.25, -0.2) is 0 Å². The third kappa shape index (κ3) is 4.74. The van der Waals surface area contributed by atoms with E-state index in [1.54, 1.807) is 30.1 Å². The van der Waals surface area contributed by atoms with Crippen LogP contribution >= 0.6 is 11.6 Å². The Hall–Kier alpha value is -0.940. The highest BCUT2D eigenvalue weighted by Gasteiger charge is 2.27. The smallest absolute Gasteiger partial charge is 0.374 e. The van der Waals surface area contributed by atoms with Crippen molar-refractivity contribution in [2.45, 2.75) is 19.0 Å². The van der Waals surface area contributed by atoms with Gasteiger partial charge in [-0.3, -0.25) is 0 Å². The molecule has 0 unspecified atom stereocenters. The molecule has 0 aliphatic carbocycles. The number of nitrogens with zero attached hydrogens (tertiary/aromatic N) is 1. The van der Waals surface area contributed by atoms with E-state index in [1.165, 1.54) is 0 Å². The molecule has 0 saturated heterocycles. The molecule has 0 heterocycles. The lowest BCUT2D eigenvalue weighted by atomic mass is 10.1. The van der Waals surface area contributed by atoms with E-state index in [-0.39, 0.29) is 6.54 Å². The number of anilines is 1. The van der Waals surface area contributed by atoms with Crippen LogP contribution in [0.15, 0.2) is 18.2 Å². The molecule has 0 spiro atoms. The molecule has 0 amide bonds. The minimum atomic E-state index is -4.14. The predicted molar refractivity (Wildman–Crippen MR) is 68.2 cm³/mol. The fraction of sp³-hybridized carbons (Fsp3) is 0.500. The molecule has 2 N–H and O–H groups in total. The number of benzene rings is 1. The van der Waals surface area contributed by atoms with Crippen molar-refractivity contribution in [2.24, 2.45) is 5.73 Å². The molecule has 0 aromatic heterocycles. The Morgan fingerprint density at radius 1 is 1.33 bits per heavy atom. The topological polar surface area (TPSA) is 29.3 Å². The monoisotopic (exact) mass is 280 g/mol. The van der Waals surface area contributed by atoms with Crippen molar-refractivity contribution in [2.75, 3.05) is 25.0 Å². The van der Waals surface area contributed by atoms with E-state index in [9.17, 15) is 13.2 Å². The van der Waals surface area contributed by atoms with Gasteiger partial charge < -0.3 is 10.6 Å². The second-order valence-electron chi connectivity index (χ2n) is 4.10. The molecule has 0 bridgehead atoms. The zero-order valence-electron chi connectivity index (χ0n) is 10.1. The zero-order chi connectivity index (χ0) is 13.8. The average molecular weight is 281 g/mol. The van der Waals surface area contributed by atoms with E-state index >= 15 is 0 Å². The molecule has 0 fully saturated rings. The fourth-order valence-corrected chi connectivity index (χ4v) is 1.89. The first kappa shape index (κ1) is 15.1. The lowest BCUT2D eigenvalue weighted by Crippen LogP contribution is -2.25. The Balaban J connectivity index is 2.80. The van der Waals surface area contributed by atoms with Gasteiger partial charge in [0.1, 0.15) is 0 Å². The van der Waals surface area contributed by atoms with Gasteiger partial charge in [0.25, 0.3) is 0 Å². The van der Waals surface area contributed by atoms with Gasteiger partial charge in [0, 0.05) is 24.3 Å². The standard InChI is InChI=1S/C12H16ClF3N2/c1-18(7-5-12(14,15)16)11-3-2-10(13)8-9(11)4-6-17/h2-3,8H,4-7,17H2,1H3. The summed E-state index contributed by atoms with van der Waals surface area (Å²) in [5.74, 6) is 0. The summed E-state index contributed by atoms with van der Waals surface area (Å²) in [5, 5.41) is 0.562. The van der Waals surface area contributed by atoms with Gasteiger partial charge in [0.05, 0.1) is 6.42 Å². The maximum atomic E-state index is 12.2. The number of alkyl halides is 3. The number of hydrogen-bond donors (Lipinski definition) is 1. The van der Waals surface area contributed by atoms with E-state index < -0.39 is 12.6 Å². The van der Waals surface area contributed by atoms with E-state index in [0.717, 1.165) is 11.3 Å². The van der Waals surface area contributed by atoms with E-state index in [2.05, 4.69) is 0 Å². The molecule has 0 atom stereocenters. The fourth-order valence-electron chi connectivity index (χ4n) is 1.70. The van der Waals surface area contributed by atoms with E-state index in [1.807, 2.05) is 0 Å². The highest BCUT2D eigenvalue weighted by molar-refractivity contribution is 6.30. The highest BCUT2D eigenvalue weighted by Crippen LogP contribution is 2.26. The van der Waals surface area contributed by atoms with E-state index in [4.69, 9.17) is 17.3 Å². The minimum Gasteiger partial charge on any atom is -0.374 e. The lowest BCUT2D eigenvalue weighted by molar-refractivity contribution is -0.132. The summed E-state index contributed by atoms with van der Waals surface area (Å²) in [6.07, 6.45) is -4.39. The maximum absolute atomic E-state index is 12.2. The summed E-state index contributed by atoms with van der Waals surface area (Å²) >= 11 is 5.87. The molecule has 0 aliphatic heterocycles. The largest absolute Gasteiger partial charge is 0.390 e. The second-order valence-corrected chi connectivity index (χ2v) is 4.53. The first-order valence-corrected chi connectivity index (χ1v) is 5.97. The number of rotatable bonds is 5. The molecule has 0 saturated carbocycles. The summed E-state index contributed by atoms with van der Waals surface area (Å²) in [4.78, 5) is 1.58. The Morgan fingerprint density at radius 3 is 2.56 bits per heavy atom. The van der Waals surface area contributed by atoms with Crippen molar-refractivity contribution >= 4 is 17.3 Å². The SMILES string of the molecule is CN(CCC(F)(F)F)c1ccc(Cl)cc1CCN. The highest BCUT2D eigenvalue weighted by atomic mass is 35.5. The number of nitrogens with two attached hydrogens (primary N) is 1. The van der Waals surface area contributed by atoms with Gasteiger partial charge in [-0.05, 0) is 36.7 Å². The predicted octanol–water partition coefficient (Wildman–Crippen LogP) is 3.23.